The van der Waals surface area contributed by atoms with E-state index in [1.807, 2.05) is 61.5 Å². The van der Waals surface area contributed by atoms with Gasteiger partial charge >= 0.3 is 0 Å². The first-order chi connectivity index (χ1) is 14.7. The van der Waals surface area contributed by atoms with E-state index in [1.165, 1.54) is 0 Å². The van der Waals surface area contributed by atoms with Crippen LogP contribution in [0.1, 0.15) is 22.8 Å². The van der Waals surface area contributed by atoms with Crippen molar-refractivity contribution in [2.75, 3.05) is 6.79 Å². The average Bonchev–Trinajstić information content (AvgIpc) is 3.43. The molecule has 4 aromatic rings. The van der Waals surface area contributed by atoms with Gasteiger partial charge in [0.15, 0.2) is 17.1 Å². The Hall–Kier alpha value is -3.87. The molecule has 30 heavy (non-hydrogen) atoms. The van der Waals surface area contributed by atoms with E-state index < -0.39 is 0 Å². The van der Waals surface area contributed by atoms with Crippen molar-refractivity contribution in [3.63, 3.8) is 0 Å². The Balaban J connectivity index is 1.47. The number of rotatable bonds is 5. The van der Waals surface area contributed by atoms with Crippen molar-refractivity contribution < 1.29 is 14.3 Å². The summed E-state index contributed by atoms with van der Waals surface area (Å²) >= 11 is 0. The van der Waals surface area contributed by atoms with Gasteiger partial charge in [-0.15, -0.1) is 0 Å². The highest BCUT2D eigenvalue weighted by Gasteiger charge is 2.18. The Morgan fingerprint density at radius 1 is 1.10 bits per heavy atom. The summed E-state index contributed by atoms with van der Waals surface area (Å²) in [6.07, 6.45) is 1.70. The minimum absolute atomic E-state index is 0.173. The third-order valence-corrected chi connectivity index (χ3v) is 5.11. The summed E-state index contributed by atoms with van der Waals surface area (Å²) in [6.45, 7) is 3.28. The Labute approximate surface area is 173 Å². The Morgan fingerprint density at radius 3 is 2.77 bits per heavy atom. The van der Waals surface area contributed by atoms with E-state index in [1.54, 1.807) is 10.9 Å². The van der Waals surface area contributed by atoms with Crippen LogP contribution in [0.5, 0.6) is 11.5 Å². The molecule has 0 radical (unpaired) electrons. The molecule has 0 saturated carbocycles. The number of amides is 1. The number of aromatic nitrogens is 3. The number of pyridine rings is 1. The number of nitrogens with zero attached hydrogens (tertiary/aromatic N) is 3. The van der Waals surface area contributed by atoms with Crippen molar-refractivity contribution >= 4 is 16.9 Å². The molecule has 1 amide bonds. The molecule has 5 rings (SSSR count). The molecule has 0 aliphatic carbocycles. The normalized spacial score (nSPS) is 12.3. The van der Waals surface area contributed by atoms with Gasteiger partial charge in [0.25, 0.3) is 5.91 Å². The van der Waals surface area contributed by atoms with E-state index in [2.05, 4.69) is 10.4 Å². The van der Waals surface area contributed by atoms with Crippen LogP contribution in [0, 0.1) is 0 Å². The van der Waals surface area contributed by atoms with Gasteiger partial charge in [0, 0.05) is 18.7 Å². The number of hydrogen-bond donors (Lipinski definition) is 1. The molecule has 0 atom stereocenters. The Kier molecular flexibility index (Phi) is 4.55. The fraction of sp³-hybridized carbons (Fsp3) is 0.174. The van der Waals surface area contributed by atoms with Gasteiger partial charge in [0.2, 0.25) is 6.79 Å². The van der Waals surface area contributed by atoms with Crippen LogP contribution in [0.25, 0.3) is 22.3 Å². The van der Waals surface area contributed by atoms with E-state index in [-0.39, 0.29) is 12.7 Å². The number of fused-ring (bicyclic) bond motifs is 2. The second-order valence-corrected chi connectivity index (χ2v) is 6.99. The van der Waals surface area contributed by atoms with Crippen LogP contribution in [0.15, 0.2) is 60.8 Å². The van der Waals surface area contributed by atoms with Gasteiger partial charge in [-0.1, -0.05) is 36.4 Å². The Bertz CT molecular complexity index is 1230. The van der Waals surface area contributed by atoms with Crippen molar-refractivity contribution in [3.05, 3.63) is 71.9 Å². The molecule has 7 heteroatoms. The molecular formula is C23H20N4O3. The molecule has 0 unspecified atom stereocenters. The van der Waals surface area contributed by atoms with Gasteiger partial charge in [0.05, 0.1) is 22.8 Å². The number of ether oxygens (including phenoxy) is 2. The van der Waals surface area contributed by atoms with E-state index in [4.69, 9.17) is 14.5 Å². The summed E-state index contributed by atoms with van der Waals surface area (Å²) in [5.41, 5.74) is 3.89. The molecule has 2 aromatic carbocycles. The van der Waals surface area contributed by atoms with Gasteiger partial charge in [0.1, 0.15) is 0 Å². The van der Waals surface area contributed by atoms with Crippen molar-refractivity contribution in [1.82, 2.24) is 20.1 Å². The van der Waals surface area contributed by atoms with Crippen molar-refractivity contribution in [3.8, 4) is 22.8 Å². The van der Waals surface area contributed by atoms with Crippen molar-refractivity contribution in [2.24, 2.45) is 0 Å². The van der Waals surface area contributed by atoms with E-state index in [0.717, 1.165) is 28.0 Å². The molecule has 0 fully saturated rings. The maximum atomic E-state index is 13.1. The maximum Gasteiger partial charge on any atom is 0.252 e. The van der Waals surface area contributed by atoms with Crippen LogP contribution >= 0.6 is 0 Å². The summed E-state index contributed by atoms with van der Waals surface area (Å²) in [7, 11) is 0. The first-order valence-electron chi connectivity index (χ1n) is 9.81. The lowest BCUT2D eigenvalue weighted by molar-refractivity contribution is 0.0952. The number of nitrogens with one attached hydrogen (secondary N) is 1. The molecule has 1 aliphatic heterocycles. The lowest BCUT2D eigenvalue weighted by Crippen LogP contribution is -2.23. The zero-order valence-corrected chi connectivity index (χ0v) is 16.5. The molecule has 7 nitrogen and oxygen atoms in total. The van der Waals surface area contributed by atoms with Gasteiger partial charge in [-0.2, -0.15) is 5.10 Å². The summed E-state index contributed by atoms with van der Waals surface area (Å²) in [4.78, 5) is 17.9. The average molecular weight is 400 g/mol. The molecule has 3 heterocycles. The summed E-state index contributed by atoms with van der Waals surface area (Å²) in [6, 6.07) is 17.3. The van der Waals surface area contributed by atoms with Crippen molar-refractivity contribution in [2.45, 2.75) is 20.0 Å². The van der Waals surface area contributed by atoms with Gasteiger partial charge in [-0.3, -0.25) is 4.79 Å². The van der Waals surface area contributed by atoms with Crippen LogP contribution < -0.4 is 14.8 Å². The number of carbonyl (C=O) groups is 1. The minimum atomic E-state index is -0.173. The first kappa shape index (κ1) is 18.2. The molecule has 0 bridgehead atoms. The van der Waals surface area contributed by atoms with E-state index in [0.29, 0.717) is 30.0 Å². The smallest absolute Gasteiger partial charge is 0.252 e. The quantitative estimate of drug-likeness (QED) is 0.552. The van der Waals surface area contributed by atoms with Crippen LogP contribution in [-0.2, 0) is 13.1 Å². The molecule has 150 valence electrons. The largest absolute Gasteiger partial charge is 0.454 e. The summed E-state index contributed by atoms with van der Waals surface area (Å²) in [5, 5.41) is 8.13. The fourth-order valence-corrected chi connectivity index (χ4v) is 3.55. The maximum absolute atomic E-state index is 13.1. The topological polar surface area (TPSA) is 78.3 Å². The summed E-state index contributed by atoms with van der Waals surface area (Å²) in [5.74, 6) is 1.25. The lowest BCUT2D eigenvalue weighted by atomic mass is 10.1. The molecule has 0 spiro atoms. The molecule has 1 aliphatic rings. The fourth-order valence-electron chi connectivity index (χ4n) is 3.55. The lowest BCUT2D eigenvalue weighted by Gasteiger charge is -2.10. The highest BCUT2D eigenvalue weighted by Crippen LogP contribution is 2.32. The first-order valence-corrected chi connectivity index (χ1v) is 9.81. The zero-order chi connectivity index (χ0) is 20.5. The van der Waals surface area contributed by atoms with Gasteiger partial charge in [-0.25, -0.2) is 9.67 Å². The van der Waals surface area contributed by atoms with Crippen LogP contribution in [-0.4, -0.2) is 27.5 Å². The number of benzene rings is 2. The van der Waals surface area contributed by atoms with E-state index >= 15 is 0 Å². The number of hydrogen-bond acceptors (Lipinski definition) is 5. The zero-order valence-electron chi connectivity index (χ0n) is 16.5. The molecular weight excluding hydrogens is 380 g/mol. The number of carbonyl (C=O) groups excluding carboxylic acids is 1. The van der Waals surface area contributed by atoms with Crippen LogP contribution in [0.3, 0.4) is 0 Å². The minimum Gasteiger partial charge on any atom is -0.454 e. The highest BCUT2D eigenvalue weighted by atomic mass is 16.7. The monoisotopic (exact) mass is 400 g/mol. The van der Waals surface area contributed by atoms with Crippen molar-refractivity contribution in [1.29, 1.82) is 0 Å². The summed E-state index contributed by atoms with van der Waals surface area (Å²) < 4.78 is 12.6. The predicted octanol–water partition coefficient (Wildman–Crippen LogP) is 3.78. The molecule has 2 aromatic heterocycles. The van der Waals surface area contributed by atoms with Crippen LogP contribution in [0.4, 0.5) is 0 Å². The number of aryl methyl sites for hydroxylation is 1. The van der Waals surface area contributed by atoms with Crippen LogP contribution in [0.2, 0.25) is 0 Å². The standard InChI is InChI=1S/C23H20N4O3/c1-2-27-22-18(13-25-27)17(11-19(26-22)16-6-4-3-5-7-16)23(28)24-12-15-8-9-20-21(10-15)30-14-29-20/h3-11,13H,2,12,14H2,1H3,(H,24,28). The highest BCUT2D eigenvalue weighted by molar-refractivity contribution is 6.06. The van der Waals surface area contributed by atoms with Gasteiger partial charge < -0.3 is 14.8 Å². The second-order valence-electron chi connectivity index (χ2n) is 6.99. The van der Waals surface area contributed by atoms with Gasteiger partial charge in [-0.05, 0) is 30.7 Å². The molecule has 1 N–H and O–H groups in total. The third kappa shape index (κ3) is 3.24. The van der Waals surface area contributed by atoms with E-state index in [9.17, 15) is 4.79 Å². The second kappa shape index (κ2) is 7.51. The third-order valence-electron chi connectivity index (χ3n) is 5.11. The predicted molar refractivity (Wildman–Crippen MR) is 112 cm³/mol. The SMILES string of the molecule is CCn1ncc2c(C(=O)NCc3ccc4c(c3)OCO4)cc(-c3ccccc3)nc21. The molecule has 0 saturated heterocycles. The Morgan fingerprint density at radius 2 is 1.93 bits per heavy atom.